The van der Waals surface area contributed by atoms with Gasteiger partial charge in [0.25, 0.3) is 10.1 Å². The second-order valence-corrected chi connectivity index (χ2v) is 4.94. The zero-order valence-corrected chi connectivity index (χ0v) is 8.69. The Balaban J connectivity index is 1.94. The highest BCUT2D eigenvalue weighted by molar-refractivity contribution is 7.86. The Bertz CT molecular complexity index is 312. The molecule has 6 nitrogen and oxygen atoms in total. The Kier molecular flexibility index (Phi) is 2.52. The Morgan fingerprint density at radius 2 is 2.07 bits per heavy atom. The molecule has 0 spiro atoms. The van der Waals surface area contributed by atoms with Crippen LogP contribution in [0.1, 0.15) is 0 Å². The van der Waals surface area contributed by atoms with Crippen molar-refractivity contribution in [2.75, 3.05) is 20.0 Å². The van der Waals surface area contributed by atoms with Crippen LogP contribution in [-0.4, -0.2) is 53.0 Å². The normalized spacial score (nSPS) is 41.9. The maximum Gasteiger partial charge on any atom is 0.264 e. The Morgan fingerprint density at radius 3 is 2.64 bits per heavy atom. The highest BCUT2D eigenvalue weighted by Crippen LogP contribution is 2.36. The molecule has 0 radical (unpaired) electrons. The summed E-state index contributed by atoms with van der Waals surface area (Å²) < 4.78 is 41.9. The number of rotatable bonds is 3. The fraction of sp³-hybridized carbons (Fsp3) is 1.00. The van der Waals surface area contributed by atoms with Gasteiger partial charge >= 0.3 is 0 Å². The van der Waals surface area contributed by atoms with Crippen LogP contribution in [0, 0.1) is 0 Å². The van der Waals surface area contributed by atoms with Crippen molar-refractivity contribution < 1.29 is 26.8 Å². The standard InChI is InChI=1S/C7H12O6S/c1-10-7-6-5(12-6)4(3-11-7)13-14(2,8)9/h4-7H,3H2,1-2H3/t4-,5-,6-,7+/m1/s1. The molecular formula is C7H12O6S. The molecule has 2 heterocycles. The number of ether oxygens (including phenoxy) is 3. The van der Waals surface area contributed by atoms with Gasteiger partial charge in [0.2, 0.25) is 0 Å². The third-order valence-corrected chi connectivity index (χ3v) is 2.75. The smallest absolute Gasteiger partial charge is 0.264 e. The average molecular weight is 224 g/mol. The largest absolute Gasteiger partial charge is 0.361 e. The van der Waals surface area contributed by atoms with Crippen molar-refractivity contribution in [3.8, 4) is 0 Å². The van der Waals surface area contributed by atoms with Crippen LogP contribution in [0.3, 0.4) is 0 Å². The van der Waals surface area contributed by atoms with E-state index in [9.17, 15) is 8.42 Å². The van der Waals surface area contributed by atoms with Crippen molar-refractivity contribution in [3.63, 3.8) is 0 Å². The molecule has 4 atom stereocenters. The van der Waals surface area contributed by atoms with Crippen LogP contribution in [-0.2, 0) is 28.5 Å². The van der Waals surface area contributed by atoms with Gasteiger partial charge in [-0.2, -0.15) is 8.42 Å². The predicted octanol–water partition coefficient (Wildman–Crippen LogP) is -0.899. The van der Waals surface area contributed by atoms with E-state index in [1.54, 1.807) is 0 Å². The van der Waals surface area contributed by atoms with Crippen LogP contribution in [0.2, 0.25) is 0 Å². The minimum absolute atomic E-state index is 0.173. The van der Waals surface area contributed by atoms with Crippen molar-refractivity contribution >= 4 is 10.1 Å². The van der Waals surface area contributed by atoms with Crippen molar-refractivity contribution in [2.45, 2.75) is 24.6 Å². The first kappa shape index (κ1) is 10.3. The van der Waals surface area contributed by atoms with E-state index in [2.05, 4.69) is 0 Å². The van der Waals surface area contributed by atoms with Gasteiger partial charge in [0.1, 0.15) is 18.3 Å². The summed E-state index contributed by atoms with van der Waals surface area (Å²) >= 11 is 0. The quantitative estimate of drug-likeness (QED) is 0.457. The van der Waals surface area contributed by atoms with E-state index in [-0.39, 0.29) is 18.8 Å². The summed E-state index contributed by atoms with van der Waals surface area (Å²) in [6.07, 6.45) is -0.350. The lowest BCUT2D eigenvalue weighted by Gasteiger charge is -2.23. The van der Waals surface area contributed by atoms with Gasteiger partial charge in [0.15, 0.2) is 6.29 Å². The maximum absolute atomic E-state index is 10.9. The van der Waals surface area contributed by atoms with E-state index in [0.29, 0.717) is 0 Å². The molecule has 2 fully saturated rings. The summed E-state index contributed by atoms with van der Waals surface area (Å²) in [4.78, 5) is 0. The van der Waals surface area contributed by atoms with Gasteiger partial charge in [0.05, 0.1) is 12.9 Å². The molecular weight excluding hydrogens is 212 g/mol. The Labute approximate surface area is 82.2 Å². The third kappa shape index (κ3) is 2.06. The first-order valence-corrected chi connectivity index (χ1v) is 6.01. The lowest BCUT2D eigenvalue weighted by atomic mass is 10.1. The Morgan fingerprint density at radius 1 is 1.36 bits per heavy atom. The van der Waals surface area contributed by atoms with Crippen LogP contribution in [0.4, 0.5) is 0 Å². The topological polar surface area (TPSA) is 74.4 Å². The molecule has 82 valence electrons. The fourth-order valence-electron chi connectivity index (χ4n) is 1.54. The number of hydrogen-bond acceptors (Lipinski definition) is 6. The molecule has 2 saturated heterocycles. The monoisotopic (exact) mass is 224 g/mol. The van der Waals surface area contributed by atoms with E-state index in [0.717, 1.165) is 6.26 Å². The molecule has 0 aromatic carbocycles. The number of methoxy groups -OCH3 is 1. The molecule has 0 saturated carbocycles. The molecule has 14 heavy (non-hydrogen) atoms. The second-order valence-electron chi connectivity index (χ2n) is 3.34. The van der Waals surface area contributed by atoms with Gasteiger partial charge in [-0.05, 0) is 0 Å². The Hall–Kier alpha value is -0.210. The van der Waals surface area contributed by atoms with Crippen molar-refractivity contribution in [3.05, 3.63) is 0 Å². The van der Waals surface area contributed by atoms with E-state index >= 15 is 0 Å². The molecule has 0 aliphatic carbocycles. The molecule has 0 unspecified atom stereocenters. The molecule has 7 heteroatoms. The van der Waals surface area contributed by atoms with Crippen LogP contribution in [0.25, 0.3) is 0 Å². The van der Waals surface area contributed by atoms with Crippen molar-refractivity contribution in [2.24, 2.45) is 0 Å². The molecule has 0 amide bonds. The first-order chi connectivity index (χ1) is 6.51. The third-order valence-electron chi connectivity index (χ3n) is 2.15. The molecule has 2 aliphatic heterocycles. The summed E-state index contributed by atoms with van der Waals surface area (Å²) in [6, 6.07) is 0. The number of hydrogen-bond donors (Lipinski definition) is 0. The summed E-state index contributed by atoms with van der Waals surface area (Å²) in [5, 5.41) is 0. The van der Waals surface area contributed by atoms with Crippen LogP contribution >= 0.6 is 0 Å². The van der Waals surface area contributed by atoms with Crippen LogP contribution in [0.15, 0.2) is 0 Å². The van der Waals surface area contributed by atoms with E-state index in [1.807, 2.05) is 0 Å². The van der Waals surface area contributed by atoms with Gasteiger partial charge in [-0.1, -0.05) is 0 Å². The lowest BCUT2D eigenvalue weighted by molar-refractivity contribution is -0.157. The van der Waals surface area contributed by atoms with E-state index < -0.39 is 22.5 Å². The molecule has 0 aromatic rings. The fourth-order valence-corrected chi connectivity index (χ4v) is 2.16. The molecule has 2 aliphatic rings. The summed E-state index contributed by atoms with van der Waals surface area (Å²) in [5.74, 6) is 0. The lowest BCUT2D eigenvalue weighted by Crippen LogP contribution is -2.40. The van der Waals surface area contributed by atoms with E-state index in [4.69, 9.17) is 18.4 Å². The molecule has 0 bridgehead atoms. The van der Waals surface area contributed by atoms with Gasteiger partial charge in [0, 0.05) is 7.11 Å². The first-order valence-electron chi connectivity index (χ1n) is 4.19. The van der Waals surface area contributed by atoms with Gasteiger partial charge < -0.3 is 14.2 Å². The van der Waals surface area contributed by atoms with Crippen LogP contribution in [0.5, 0.6) is 0 Å². The molecule has 0 N–H and O–H groups in total. The SMILES string of the molecule is CO[C@H]1OC[C@@H](OS(C)(=O)=O)[C@H]2O[C@@H]12. The highest BCUT2D eigenvalue weighted by atomic mass is 32.2. The van der Waals surface area contributed by atoms with E-state index in [1.165, 1.54) is 7.11 Å². The van der Waals surface area contributed by atoms with Gasteiger partial charge in [-0.25, -0.2) is 0 Å². The second kappa shape index (κ2) is 3.42. The van der Waals surface area contributed by atoms with Gasteiger partial charge in [-0.3, -0.25) is 4.18 Å². The van der Waals surface area contributed by atoms with Crippen LogP contribution < -0.4 is 0 Å². The zero-order valence-electron chi connectivity index (χ0n) is 7.87. The van der Waals surface area contributed by atoms with Crippen molar-refractivity contribution in [1.29, 1.82) is 0 Å². The number of fused-ring (bicyclic) bond motifs is 1. The highest BCUT2D eigenvalue weighted by Gasteiger charge is 2.56. The summed E-state index contributed by atoms with van der Waals surface area (Å²) in [7, 11) is -1.94. The van der Waals surface area contributed by atoms with Crippen molar-refractivity contribution in [1.82, 2.24) is 0 Å². The molecule has 2 rings (SSSR count). The summed E-state index contributed by atoms with van der Waals surface area (Å²) in [6.45, 7) is 0.173. The minimum Gasteiger partial charge on any atom is -0.361 e. The minimum atomic E-state index is -3.46. The number of epoxide rings is 1. The zero-order chi connectivity index (χ0) is 10.3. The molecule has 0 aromatic heterocycles. The summed E-state index contributed by atoms with van der Waals surface area (Å²) in [5.41, 5.74) is 0. The predicted molar refractivity (Wildman–Crippen MR) is 45.1 cm³/mol. The maximum atomic E-state index is 10.9. The average Bonchev–Trinajstić information content (AvgIpc) is 2.81. The van der Waals surface area contributed by atoms with Gasteiger partial charge in [-0.15, -0.1) is 0 Å².